The highest BCUT2D eigenvalue weighted by Gasteiger charge is 2.33. The van der Waals surface area contributed by atoms with Gasteiger partial charge in [-0.2, -0.15) is 0 Å². The van der Waals surface area contributed by atoms with Gasteiger partial charge in [0.1, 0.15) is 11.5 Å². The van der Waals surface area contributed by atoms with Gasteiger partial charge in [-0.1, -0.05) is 104 Å². The summed E-state index contributed by atoms with van der Waals surface area (Å²) in [5.74, 6) is 1.91. The zero-order valence-electron chi connectivity index (χ0n) is 18.7. The molecule has 0 fully saturated rings. The van der Waals surface area contributed by atoms with Gasteiger partial charge < -0.3 is 9.47 Å². The molecule has 0 amide bonds. The summed E-state index contributed by atoms with van der Waals surface area (Å²) in [5.41, 5.74) is 0. The second kappa shape index (κ2) is 10.8. The van der Waals surface area contributed by atoms with Crippen LogP contribution in [0.1, 0.15) is 6.92 Å². The second-order valence-electron chi connectivity index (χ2n) is 7.39. The number of benzene rings is 4. The fourth-order valence-corrected chi connectivity index (χ4v) is 11.0. The zero-order chi connectivity index (χ0) is 22.3. The first-order valence-electron chi connectivity index (χ1n) is 10.7. The summed E-state index contributed by atoms with van der Waals surface area (Å²) >= 11 is 0. The van der Waals surface area contributed by atoms with Crippen LogP contribution in [0.15, 0.2) is 109 Å². The molecule has 2 nitrogen and oxygen atoms in total. The first-order valence-corrected chi connectivity index (χ1v) is 13.5. The maximum absolute atomic E-state index is 5.83. The predicted molar refractivity (Wildman–Crippen MR) is 141 cm³/mol. The Bertz CT molecular complexity index is 1040. The van der Waals surface area contributed by atoms with Crippen molar-refractivity contribution in [2.45, 2.75) is 12.3 Å². The minimum absolute atomic E-state index is 0.359. The fraction of sp³-hybridized carbons (Fsp3) is 0.143. The first kappa shape index (κ1) is 22.5. The monoisotopic (exact) mass is 458 g/mol. The van der Waals surface area contributed by atoms with E-state index in [1.807, 2.05) is 12.1 Å². The summed E-state index contributed by atoms with van der Waals surface area (Å²) in [4.78, 5) is 0. The SMILES string of the molecule is COc1ccccc1P(c1ccccc1)C(C)P(c1ccccc1)c1ccccc1OC. The molecule has 4 aromatic carbocycles. The van der Waals surface area contributed by atoms with Crippen LogP contribution in [0.3, 0.4) is 0 Å². The van der Waals surface area contributed by atoms with Gasteiger partial charge in [0, 0.05) is 16.0 Å². The first-order chi connectivity index (χ1) is 15.7. The van der Waals surface area contributed by atoms with Crippen molar-refractivity contribution >= 4 is 37.1 Å². The van der Waals surface area contributed by atoms with Gasteiger partial charge in [-0.05, 0) is 38.6 Å². The van der Waals surface area contributed by atoms with E-state index in [1.54, 1.807) is 14.2 Å². The lowest BCUT2D eigenvalue weighted by Gasteiger charge is -2.34. The highest BCUT2D eigenvalue weighted by molar-refractivity contribution is 7.89. The third kappa shape index (κ3) is 4.73. The Morgan fingerprint density at radius 1 is 0.500 bits per heavy atom. The average molecular weight is 458 g/mol. The van der Waals surface area contributed by atoms with Crippen LogP contribution < -0.4 is 30.7 Å². The third-order valence-electron chi connectivity index (χ3n) is 5.51. The Kier molecular flexibility index (Phi) is 7.59. The van der Waals surface area contributed by atoms with Crippen molar-refractivity contribution in [1.82, 2.24) is 0 Å². The highest BCUT2D eigenvalue weighted by atomic mass is 31.2. The molecular weight excluding hydrogens is 430 g/mol. The molecule has 0 saturated carbocycles. The molecule has 0 aromatic heterocycles. The summed E-state index contributed by atoms with van der Waals surface area (Å²) in [6.45, 7) is 2.40. The van der Waals surface area contributed by atoms with Crippen molar-refractivity contribution in [1.29, 1.82) is 0 Å². The summed E-state index contributed by atoms with van der Waals surface area (Å²) in [7, 11) is 2.14. The third-order valence-corrected chi connectivity index (χ3v) is 11.9. The van der Waals surface area contributed by atoms with Crippen molar-refractivity contribution in [3.05, 3.63) is 109 Å². The predicted octanol–water partition coefficient (Wildman–Crippen LogP) is 5.62. The van der Waals surface area contributed by atoms with Gasteiger partial charge in [-0.25, -0.2) is 0 Å². The Morgan fingerprint density at radius 3 is 1.22 bits per heavy atom. The zero-order valence-corrected chi connectivity index (χ0v) is 20.5. The van der Waals surface area contributed by atoms with E-state index in [4.69, 9.17) is 9.47 Å². The topological polar surface area (TPSA) is 18.5 Å². The Labute approximate surface area is 193 Å². The van der Waals surface area contributed by atoms with Crippen molar-refractivity contribution in [2.75, 3.05) is 14.2 Å². The molecule has 0 N–H and O–H groups in total. The molecule has 0 aliphatic rings. The van der Waals surface area contributed by atoms with E-state index in [-0.39, 0.29) is 0 Å². The smallest absolute Gasteiger partial charge is 0.126 e. The molecule has 2 atom stereocenters. The molecule has 2 unspecified atom stereocenters. The van der Waals surface area contributed by atoms with Gasteiger partial charge in [0.25, 0.3) is 0 Å². The largest absolute Gasteiger partial charge is 0.496 e. The minimum Gasteiger partial charge on any atom is -0.496 e. The molecule has 0 spiro atoms. The van der Waals surface area contributed by atoms with E-state index in [2.05, 4.69) is 104 Å². The molecule has 0 saturated heterocycles. The lowest BCUT2D eigenvalue weighted by atomic mass is 10.3. The quantitative estimate of drug-likeness (QED) is 0.319. The van der Waals surface area contributed by atoms with Gasteiger partial charge in [0.2, 0.25) is 0 Å². The Morgan fingerprint density at radius 2 is 0.844 bits per heavy atom. The van der Waals surface area contributed by atoms with Crippen LogP contribution in [-0.4, -0.2) is 19.6 Å². The van der Waals surface area contributed by atoms with Crippen LogP contribution in [-0.2, 0) is 0 Å². The Hall–Kier alpha value is -2.66. The Balaban J connectivity index is 1.92. The summed E-state index contributed by atoms with van der Waals surface area (Å²) in [5, 5.41) is 5.64. The molecule has 0 bridgehead atoms. The normalized spacial score (nSPS) is 13.7. The van der Waals surface area contributed by atoms with Crippen LogP contribution >= 0.6 is 15.8 Å². The van der Waals surface area contributed by atoms with Crippen molar-refractivity contribution in [3.8, 4) is 11.5 Å². The fourth-order valence-electron chi connectivity index (χ4n) is 4.06. The lowest BCUT2D eigenvalue weighted by Crippen LogP contribution is -2.27. The van der Waals surface area contributed by atoms with E-state index < -0.39 is 15.8 Å². The van der Waals surface area contributed by atoms with Gasteiger partial charge in [0.05, 0.1) is 14.2 Å². The molecule has 4 aromatic rings. The number of para-hydroxylation sites is 2. The van der Waals surface area contributed by atoms with Crippen molar-refractivity contribution in [2.24, 2.45) is 0 Å². The number of hydrogen-bond donors (Lipinski definition) is 0. The van der Waals surface area contributed by atoms with Gasteiger partial charge in [-0.3, -0.25) is 0 Å². The summed E-state index contributed by atoms with van der Waals surface area (Å²) in [6, 6.07) is 38.7. The average Bonchev–Trinajstić information content (AvgIpc) is 2.86. The lowest BCUT2D eigenvalue weighted by molar-refractivity contribution is 0.418. The molecule has 4 rings (SSSR count). The molecule has 0 aliphatic carbocycles. The van der Waals surface area contributed by atoms with Crippen LogP contribution in [0.4, 0.5) is 0 Å². The maximum Gasteiger partial charge on any atom is 0.126 e. The molecular formula is C28H28O2P2. The molecule has 0 aliphatic heterocycles. The molecule has 0 heterocycles. The summed E-state index contributed by atoms with van der Waals surface area (Å²) < 4.78 is 11.7. The van der Waals surface area contributed by atoms with E-state index in [0.29, 0.717) is 5.40 Å². The van der Waals surface area contributed by atoms with E-state index in [9.17, 15) is 0 Å². The highest BCUT2D eigenvalue weighted by Crippen LogP contribution is 2.57. The second-order valence-corrected chi connectivity index (χ2v) is 12.8. The van der Waals surface area contributed by atoms with Gasteiger partial charge in [-0.15, -0.1) is 0 Å². The minimum atomic E-state index is -0.694. The molecule has 32 heavy (non-hydrogen) atoms. The van der Waals surface area contributed by atoms with E-state index in [1.165, 1.54) is 21.2 Å². The van der Waals surface area contributed by atoms with Crippen molar-refractivity contribution in [3.63, 3.8) is 0 Å². The van der Waals surface area contributed by atoms with E-state index in [0.717, 1.165) is 11.5 Å². The number of ether oxygens (including phenoxy) is 2. The standard InChI is InChI=1S/C28H28O2P2/c1-22(31(23-14-6-4-7-15-23)27-20-12-10-18-25(27)29-2)32(24-16-8-5-9-17-24)28-21-13-11-19-26(28)30-3/h4-22H,1-3H3. The van der Waals surface area contributed by atoms with Crippen LogP contribution in [0, 0.1) is 0 Å². The molecule has 4 heteroatoms. The molecule has 162 valence electrons. The van der Waals surface area contributed by atoms with Crippen LogP contribution in [0.5, 0.6) is 11.5 Å². The van der Waals surface area contributed by atoms with Gasteiger partial charge in [0.15, 0.2) is 0 Å². The number of methoxy groups -OCH3 is 2. The number of hydrogen-bond acceptors (Lipinski definition) is 2. The van der Waals surface area contributed by atoms with Crippen LogP contribution in [0.2, 0.25) is 0 Å². The van der Waals surface area contributed by atoms with Crippen LogP contribution in [0.25, 0.3) is 0 Å². The molecule has 0 radical (unpaired) electrons. The van der Waals surface area contributed by atoms with E-state index >= 15 is 0 Å². The number of rotatable bonds is 8. The maximum atomic E-state index is 5.83. The van der Waals surface area contributed by atoms with Gasteiger partial charge >= 0.3 is 0 Å². The van der Waals surface area contributed by atoms with Crippen molar-refractivity contribution < 1.29 is 9.47 Å². The summed E-state index contributed by atoms with van der Waals surface area (Å²) in [6.07, 6.45) is 0.